The minimum atomic E-state index is -0.242. The number of carbonyl (C=O) groups excluding carboxylic acids is 1. The van der Waals surface area contributed by atoms with Crippen molar-refractivity contribution in [1.82, 2.24) is 15.5 Å². The molecule has 4 aromatic rings. The number of hydrogen-bond donors (Lipinski definition) is 1. The summed E-state index contributed by atoms with van der Waals surface area (Å²) in [7, 11) is 0. The molecule has 0 radical (unpaired) electrons. The Morgan fingerprint density at radius 1 is 1.09 bits per heavy atom. The van der Waals surface area contributed by atoms with Crippen LogP contribution in [0.5, 0.6) is 11.6 Å². The van der Waals surface area contributed by atoms with Crippen LogP contribution in [-0.2, 0) is 13.2 Å². The molecule has 0 saturated carbocycles. The molecule has 0 saturated heterocycles. The molecule has 7 heteroatoms. The second-order valence-electron chi connectivity index (χ2n) is 8.10. The van der Waals surface area contributed by atoms with Crippen LogP contribution in [0.15, 0.2) is 59.3 Å². The highest BCUT2D eigenvalue weighted by molar-refractivity contribution is 6.01. The minimum absolute atomic E-state index is 0.0147. The normalized spacial score (nSPS) is 11.1. The summed E-state index contributed by atoms with van der Waals surface area (Å²) >= 11 is 0. The average Bonchev–Trinajstić information content (AvgIpc) is 3.13. The summed E-state index contributed by atoms with van der Waals surface area (Å²) in [6.07, 6.45) is 1.66. The second kappa shape index (κ2) is 9.73. The Balaban J connectivity index is 1.59. The predicted molar refractivity (Wildman–Crippen MR) is 125 cm³/mol. The number of carbonyl (C=O) groups is 1. The van der Waals surface area contributed by atoms with Gasteiger partial charge in [0.2, 0.25) is 5.88 Å². The van der Waals surface area contributed by atoms with Gasteiger partial charge in [-0.05, 0) is 56.7 Å². The van der Waals surface area contributed by atoms with Crippen LogP contribution in [-0.4, -0.2) is 22.2 Å². The van der Waals surface area contributed by atoms with Crippen molar-refractivity contribution in [2.45, 2.75) is 47.0 Å². The van der Waals surface area contributed by atoms with Crippen molar-refractivity contribution in [3.05, 3.63) is 82.9 Å². The molecule has 0 unspecified atom stereocenters. The molecule has 4 rings (SSSR count). The molecule has 0 spiro atoms. The van der Waals surface area contributed by atoms with E-state index in [2.05, 4.69) is 15.5 Å². The number of fused-ring (bicyclic) bond motifs is 1. The highest BCUT2D eigenvalue weighted by atomic mass is 16.5. The summed E-state index contributed by atoms with van der Waals surface area (Å²) in [6, 6.07) is 15.3. The zero-order valence-electron chi connectivity index (χ0n) is 19.2. The van der Waals surface area contributed by atoms with Crippen LogP contribution in [0, 0.1) is 13.8 Å². The van der Waals surface area contributed by atoms with E-state index in [-0.39, 0.29) is 25.2 Å². The van der Waals surface area contributed by atoms with Gasteiger partial charge in [-0.3, -0.25) is 4.79 Å². The lowest BCUT2D eigenvalue weighted by Gasteiger charge is -2.15. The predicted octanol–water partition coefficient (Wildman–Crippen LogP) is 5.14. The van der Waals surface area contributed by atoms with E-state index in [1.165, 1.54) is 0 Å². The van der Waals surface area contributed by atoms with Gasteiger partial charge in [-0.25, -0.2) is 4.98 Å². The van der Waals surface area contributed by atoms with E-state index >= 15 is 0 Å². The van der Waals surface area contributed by atoms with E-state index < -0.39 is 0 Å². The first kappa shape index (κ1) is 22.3. The fraction of sp³-hybridized carbons (Fsp3) is 0.269. The molecular weight excluding hydrogens is 418 g/mol. The number of rotatable bonds is 8. The summed E-state index contributed by atoms with van der Waals surface area (Å²) in [4.78, 5) is 17.5. The van der Waals surface area contributed by atoms with Gasteiger partial charge in [-0.1, -0.05) is 35.5 Å². The van der Waals surface area contributed by atoms with E-state index in [0.29, 0.717) is 23.0 Å². The Bertz CT molecular complexity index is 1260. The van der Waals surface area contributed by atoms with Crippen molar-refractivity contribution in [2.24, 2.45) is 0 Å². The number of aromatic nitrogens is 2. The maximum atomic E-state index is 13.2. The molecule has 0 fully saturated rings. The van der Waals surface area contributed by atoms with Crippen molar-refractivity contribution >= 4 is 16.7 Å². The first-order valence-corrected chi connectivity index (χ1v) is 10.9. The molecule has 0 aliphatic heterocycles. The molecule has 7 nitrogen and oxygen atoms in total. The third-order valence-electron chi connectivity index (χ3n) is 5.28. The van der Waals surface area contributed by atoms with E-state index in [9.17, 15) is 4.79 Å². The largest absolute Gasteiger partial charge is 0.488 e. The molecule has 33 heavy (non-hydrogen) atoms. The van der Waals surface area contributed by atoms with Crippen LogP contribution in [0.2, 0.25) is 0 Å². The Hall–Kier alpha value is -3.87. The van der Waals surface area contributed by atoms with Gasteiger partial charge >= 0.3 is 0 Å². The van der Waals surface area contributed by atoms with Gasteiger partial charge in [0.1, 0.15) is 18.1 Å². The summed E-state index contributed by atoms with van der Waals surface area (Å²) < 4.78 is 17.1. The Labute approximate surface area is 192 Å². The van der Waals surface area contributed by atoms with E-state index in [1.54, 1.807) is 6.20 Å². The second-order valence-corrected chi connectivity index (χ2v) is 8.10. The smallest absolute Gasteiger partial charge is 0.255 e. The average molecular weight is 446 g/mol. The van der Waals surface area contributed by atoms with Gasteiger partial charge in [0.25, 0.3) is 5.91 Å². The number of nitrogens with zero attached hydrogens (tertiary/aromatic N) is 2. The zero-order valence-corrected chi connectivity index (χ0v) is 19.2. The fourth-order valence-corrected chi connectivity index (χ4v) is 3.53. The topological polar surface area (TPSA) is 86.5 Å². The third kappa shape index (κ3) is 5.14. The molecule has 0 atom stereocenters. The van der Waals surface area contributed by atoms with Crippen LogP contribution < -0.4 is 14.8 Å². The van der Waals surface area contributed by atoms with Gasteiger partial charge < -0.3 is 19.3 Å². The Morgan fingerprint density at radius 3 is 2.55 bits per heavy atom. The maximum absolute atomic E-state index is 13.2. The van der Waals surface area contributed by atoms with E-state index in [4.69, 9.17) is 14.0 Å². The number of pyridine rings is 1. The van der Waals surface area contributed by atoms with E-state index in [1.807, 2.05) is 76.2 Å². The maximum Gasteiger partial charge on any atom is 0.255 e. The molecule has 0 bridgehead atoms. The first-order valence-electron chi connectivity index (χ1n) is 10.9. The van der Waals surface area contributed by atoms with Crippen LogP contribution in [0.3, 0.4) is 0 Å². The minimum Gasteiger partial charge on any atom is -0.488 e. The monoisotopic (exact) mass is 445 g/mol. The van der Waals surface area contributed by atoms with Gasteiger partial charge in [0, 0.05) is 18.3 Å². The zero-order chi connectivity index (χ0) is 23.4. The lowest BCUT2D eigenvalue weighted by Crippen LogP contribution is -2.24. The molecule has 0 aliphatic rings. The number of hydrogen-bond acceptors (Lipinski definition) is 6. The molecule has 0 aliphatic carbocycles. The number of amides is 1. The molecule has 1 amide bonds. The lowest BCUT2D eigenvalue weighted by molar-refractivity contribution is 0.0946. The van der Waals surface area contributed by atoms with Crippen molar-refractivity contribution < 1.29 is 18.8 Å². The van der Waals surface area contributed by atoms with Crippen molar-refractivity contribution in [1.29, 1.82) is 0 Å². The summed E-state index contributed by atoms with van der Waals surface area (Å²) in [5.74, 6) is 1.47. The van der Waals surface area contributed by atoms with Crippen LogP contribution >= 0.6 is 0 Å². The highest BCUT2D eigenvalue weighted by Gasteiger charge is 2.17. The van der Waals surface area contributed by atoms with Crippen LogP contribution in [0.25, 0.3) is 10.8 Å². The summed E-state index contributed by atoms with van der Waals surface area (Å²) in [5, 5.41) is 8.90. The Kier molecular flexibility index (Phi) is 6.58. The molecule has 2 aromatic carbocycles. The summed E-state index contributed by atoms with van der Waals surface area (Å²) in [5.41, 5.74) is 2.91. The standard InChI is InChI=1S/C26H27N3O4/c1-16(2)32-26-21(10-7-11-27-26)14-28-25(30)22-12-19-8-5-6-9-20(19)13-24(22)31-15-23-17(3)29-33-18(23)4/h5-13,16H,14-15H2,1-4H3,(H,28,30). The van der Waals surface area contributed by atoms with Crippen molar-refractivity contribution in [2.75, 3.05) is 0 Å². The molecular formula is C26H27N3O4. The van der Waals surface area contributed by atoms with Gasteiger partial charge in [0.05, 0.1) is 22.9 Å². The summed E-state index contributed by atoms with van der Waals surface area (Å²) in [6.45, 7) is 8.13. The van der Waals surface area contributed by atoms with Gasteiger partial charge in [-0.15, -0.1) is 0 Å². The van der Waals surface area contributed by atoms with Crippen molar-refractivity contribution in [3.8, 4) is 11.6 Å². The van der Waals surface area contributed by atoms with Gasteiger partial charge in [0.15, 0.2) is 0 Å². The molecule has 1 N–H and O–H groups in total. The molecule has 170 valence electrons. The van der Waals surface area contributed by atoms with Gasteiger partial charge in [-0.2, -0.15) is 0 Å². The number of aryl methyl sites for hydroxylation is 2. The highest BCUT2D eigenvalue weighted by Crippen LogP contribution is 2.28. The lowest BCUT2D eigenvalue weighted by atomic mass is 10.0. The number of nitrogens with one attached hydrogen (secondary N) is 1. The SMILES string of the molecule is Cc1noc(C)c1COc1cc2ccccc2cc1C(=O)NCc1cccnc1OC(C)C. The molecule has 2 aromatic heterocycles. The number of benzene rings is 2. The van der Waals surface area contributed by atoms with Crippen molar-refractivity contribution in [3.63, 3.8) is 0 Å². The third-order valence-corrected chi connectivity index (χ3v) is 5.28. The van der Waals surface area contributed by atoms with Crippen LogP contribution in [0.4, 0.5) is 0 Å². The van der Waals surface area contributed by atoms with Crippen LogP contribution in [0.1, 0.15) is 46.8 Å². The first-order chi connectivity index (χ1) is 15.9. The Morgan fingerprint density at radius 2 is 1.85 bits per heavy atom. The number of ether oxygens (including phenoxy) is 2. The quantitative estimate of drug-likeness (QED) is 0.404. The van der Waals surface area contributed by atoms with E-state index in [0.717, 1.165) is 27.6 Å². The fourth-order valence-electron chi connectivity index (χ4n) is 3.53. The molecule has 2 heterocycles.